The second-order valence-corrected chi connectivity index (χ2v) is 12.2. The molecular formula is C35H46Na2O7S. The topological polar surface area (TPSA) is 125 Å². The summed E-state index contributed by atoms with van der Waals surface area (Å²) < 4.78 is 5.70. The van der Waals surface area contributed by atoms with Gasteiger partial charge in [0.1, 0.15) is 5.58 Å². The molecule has 0 aliphatic heterocycles. The molecule has 0 spiro atoms. The van der Waals surface area contributed by atoms with Crippen molar-refractivity contribution >= 4 is 40.7 Å². The van der Waals surface area contributed by atoms with Crippen molar-refractivity contribution in [3.8, 4) is 0 Å². The quantitative estimate of drug-likeness (QED) is 0.102. The van der Waals surface area contributed by atoms with E-state index >= 15 is 0 Å². The Morgan fingerprint density at radius 2 is 1.60 bits per heavy atom. The van der Waals surface area contributed by atoms with E-state index in [1.807, 2.05) is 25.1 Å². The van der Waals surface area contributed by atoms with Crippen LogP contribution in [-0.2, 0) is 17.6 Å². The number of fused-ring (bicyclic) bond motifs is 1. The molecule has 2 aromatic carbocycles. The van der Waals surface area contributed by atoms with Crippen molar-refractivity contribution in [1.29, 1.82) is 0 Å². The van der Waals surface area contributed by atoms with Gasteiger partial charge in [-0.2, -0.15) is 0 Å². The Kier molecular flexibility index (Phi) is 20.6. The Bertz CT molecular complexity index is 1450. The van der Waals surface area contributed by atoms with E-state index in [-0.39, 0.29) is 74.0 Å². The summed E-state index contributed by atoms with van der Waals surface area (Å²) in [5.74, 6) is -2.63. The molecule has 45 heavy (non-hydrogen) atoms. The fourth-order valence-electron chi connectivity index (χ4n) is 5.09. The van der Waals surface area contributed by atoms with Crippen LogP contribution < -0.4 is 64.5 Å². The molecule has 0 aliphatic rings. The van der Waals surface area contributed by atoms with E-state index in [4.69, 9.17) is 9.52 Å². The van der Waals surface area contributed by atoms with Gasteiger partial charge in [0.2, 0.25) is 5.76 Å². The Hall–Kier alpha value is -1.36. The van der Waals surface area contributed by atoms with Gasteiger partial charge in [0, 0.05) is 22.9 Å². The summed E-state index contributed by atoms with van der Waals surface area (Å²) >= 11 is 1.40. The maximum atomic E-state index is 12.6. The van der Waals surface area contributed by atoms with Gasteiger partial charge in [0.05, 0.1) is 16.7 Å². The molecule has 0 aliphatic carbocycles. The van der Waals surface area contributed by atoms with Crippen LogP contribution in [0.15, 0.2) is 62.6 Å². The average molecular weight is 657 g/mol. The van der Waals surface area contributed by atoms with E-state index in [0.717, 1.165) is 34.9 Å². The standard InChI is InChI=1S/C35H44O7S.2Na.2H/c1-3-5-6-7-8-9-12-24-15-17-25(18-16-24)19-21-32(28(36)13-10-14-33(38)39)43-31-22-20-26-29(37)23-30(35(40)41)42-34(26)27(31)11-4-2;;;;/h15-23,28,32,36H,3-14H2,1-2H3,(H,38,39)(H,40,41);;;;/q;2*+1;2*-1/b21-19+;;;;. The van der Waals surface area contributed by atoms with E-state index in [2.05, 4.69) is 31.2 Å². The number of carboxylic acids is 2. The molecule has 0 bridgehead atoms. The monoisotopic (exact) mass is 656 g/mol. The van der Waals surface area contributed by atoms with Crippen LogP contribution in [0.2, 0.25) is 0 Å². The number of aromatic carboxylic acids is 1. The number of hydrogen-bond donors (Lipinski definition) is 3. The van der Waals surface area contributed by atoms with Crippen molar-refractivity contribution in [3.05, 3.63) is 81.2 Å². The smallest absolute Gasteiger partial charge is 1.00 e. The van der Waals surface area contributed by atoms with E-state index in [9.17, 15) is 24.6 Å². The molecule has 0 saturated carbocycles. The molecule has 0 fully saturated rings. The molecule has 3 N–H and O–H groups in total. The molecule has 2 atom stereocenters. The third-order valence-corrected chi connectivity index (χ3v) is 8.86. The number of aryl methyl sites for hydroxylation is 2. The maximum Gasteiger partial charge on any atom is 1.00 e. The van der Waals surface area contributed by atoms with Crippen molar-refractivity contribution in [1.82, 2.24) is 0 Å². The first-order valence-corrected chi connectivity index (χ1v) is 16.3. The van der Waals surface area contributed by atoms with Crippen molar-refractivity contribution in [3.63, 3.8) is 0 Å². The van der Waals surface area contributed by atoms with Crippen LogP contribution in [0.4, 0.5) is 0 Å². The van der Waals surface area contributed by atoms with Crippen molar-refractivity contribution in [2.45, 2.75) is 107 Å². The molecule has 3 aromatic rings. The summed E-state index contributed by atoms with van der Waals surface area (Å²) in [6.07, 6.45) is 13.6. The van der Waals surface area contributed by atoms with Crippen LogP contribution in [0.25, 0.3) is 17.0 Å². The van der Waals surface area contributed by atoms with Gasteiger partial charge in [0.25, 0.3) is 0 Å². The van der Waals surface area contributed by atoms with Gasteiger partial charge in [-0.1, -0.05) is 88.8 Å². The summed E-state index contributed by atoms with van der Waals surface area (Å²) in [6, 6.07) is 12.9. The molecule has 1 aromatic heterocycles. The minimum absolute atomic E-state index is 0. The van der Waals surface area contributed by atoms with Crippen molar-refractivity contribution < 1.29 is 91.3 Å². The molecule has 0 saturated heterocycles. The normalized spacial score (nSPS) is 12.4. The Morgan fingerprint density at radius 1 is 0.911 bits per heavy atom. The van der Waals surface area contributed by atoms with Gasteiger partial charge in [0.15, 0.2) is 5.43 Å². The summed E-state index contributed by atoms with van der Waals surface area (Å²) in [5.41, 5.74) is 2.85. The summed E-state index contributed by atoms with van der Waals surface area (Å²) in [5, 5.41) is 29.6. The molecule has 10 heteroatoms. The van der Waals surface area contributed by atoms with Gasteiger partial charge < -0.3 is 22.6 Å². The molecule has 0 radical (unpaired) electrons. The van der Waals surface area contributed by atoms with Crippen molar-refractivity contribution in [2.24, 2.45) is 0 Å². The number of hydrogen-bond acceptors (Lipinski definition) is 6. The van der Waals surface area contributed by atoms with E-state index in [1.54, 1.807) is 6.07 Å². The third-order valence-electron chi connectivity index (χ3n) is 7.48. The number of aliphatic hydroxyl groups is 1. The molecule has 2 unspecified atom stereocenters. The molecule has 1 heterocycles. The number of carboxylic acid groups (broad SMARTS) is 2. The van der Waals surface area contributed by atoms with E-state index in [0.29, 0.717) is 24.6 Å². The number of benzene rings is 2. The largest absolute Gasteiger partial charge is 1.00 e. The maximum absolute atomic E-state index is 12.6. The van der Waals surface area contributed by atoms with Crippen LogP contribution in [-0.4, -0.2) is 38.6 Å². The number of carbonyl (C=O) groups is 2. The Labute approximate surface area is 317 Å². The van der Waals surface area contributed by atoms with E-state index in [1.165, 1.54) is 55.9 Å². The predicted molar refractivity (Wildman–Crippen MR) is 175 cm³/mol. The van der Waals surface area contributed by atoms with Gasteiger partial charge in [-0.05, 0) is 55.4 Å². The zero-order chi connectivity index (χ0) is 31.2. The number of thioether (sulfide) groups is 1. The molecule has 7 nitrogen and oxygen atoms in total. The second-order valence-electron chi connectivity index (χ2n) is 11.0. The first-order valence-electron chi connectivity index (χ1n) is 15.4. The van der Waals surface area contributed by atoms with Gasteiger partial charge in [-0.25, -0.2) is 4.79 Å². The zero-order valence-electron chi connectivity index (χ0n) is 29.2. The van der Waals surface area contributed by atoms with Gasteiger partial charge in [-0.15, -0.1) is 11.8 Å². The van der Waals surface area contributed by atoms with Crippen LogP contribution >= 0.6 is 11.8 Å². The summed E-state index contributed by atoms with van der Waals surface area (Å²) in [7, 11) is 0. The number of rotatable bonds is 19. The van der Waals surface area contributed by atoms with Crippen LogP contribution in [0, 0.1) is 0 Å². The minimum atomic E-state index is -1.31. The first kappa shape index (κ1) is 41.7. The Balaban J connectivity index is 0. The van der Waals surface area contributed by atoms with Crippen LogP contribution in [0.1, 0.15) is 108 Å². The Morgan fingerprint density at radius 3 is 2.24 bits per heavy atom. The fourth-order valence-corrected chi connectivity index (χ4v) is 6.32. The number of unbranched alkanes of at least 4 members (excludes halogenated alkanes) is 5. The average Bonchev–Trinajstić information content (AvgIpc) is 2.98. The molecular weight excluding hydrogens is 610 g/mol. The van der Waals surface area contributed by atoms with E-state index < -0.39 is 34.5 Å². The minimum Gasteiger partial charge on any atom is -1.00 e. The molecule has 0 amide bonds. The molecule has 3 rings (SSSR count). The second kappa shape index (κ2) is 22.3. The number of aliphatic carboxylic acids is 1. The number of aliphatic hydroxyl groups excluding tert-OH is 1. The summed E-state index contributed by atoms with van der Waals surface area (Å²) in [6.45, 7) is 4.21. The van der Waals surface area contributed by atoms with Crippen LogP contribution in [0.5, 0.6) is 0 Å². The van der Waals surface area contributed by atoms with Gasteiger partial charge in [-0.3, -0.25) is 9.59 Å². The zero-order valence-corrected chi connectivity index (χ0v) is 32.0. The first-order chi connectivity index (χ1) is 20.7. The van der Waals surface area contributed by atoms with Crippen LogP contribution in [0.3, 0.4) is 0 Å². The van der Waals surface area contributed by atoms with Gasteiger partial charge >= 0.3 is 71.1 Å². The van der Waals surface area contributed by atoms with Crippen molar-refractivity contribution in [2.75, 3.05) is 0 Å². The SMILES string of the molecule is CCCCCCCCc1ccc(/C=C/C(Sc2ccc3c(=O)cc(C(=O)O)oc3c2CCC)C(O)CCCC(=O)O)cc1.[H-].[H-].[Na+].[Na+]. The molecule has 236 valence electrons. The third kappa shape index (κ3) is 13.7. The fraction of sp³-hybridized carbons (Fsp3) is 0.457. The summed E-state index contributed by atoms with van der Waals surface area (Å²) in [4.78, 5) is 36.1. The predicted octanol–water partition coefficient (Wildman–Crippen LogP) is 2.37.